The number of ether oxygens (including phenoxy) is 1. The average molecular weight is 275 g/mol. The van der Waals surface area contributed by atoms with Crippen LogP contribution in [0.1, 0.15) is 31.2 Å². The number of hydrogen-bond donors (Lipinski definition) is 1. The van der Waals surface area contributed by atoms with Crippen LogP contribution in [0, 0.1) is 0 Å². The van der Waals surface area contributed by atoms with E-state index in [0.717, 1.165) is 45.6 Å². The molecule has 3 rings (SSSR count). The molecule has 1 saturated carbocycles. The van der Waals surface area contributed by atoms with Gasteiger partial charge in [-0.25, -0.2) is 0 Å². The van der Waals surface area contributed by atoms with Gasteiger partial charge in [0.1, 0.15) is 0 Å². The summed E-state index contributed by atoms with van der Waals surface area (Å²) in [6.07, 6.45) is 5.22. The Kier molecular flexibility index (Phi) is 4.39. The third kappa shape index (κ3) is 2.76. The minimum atomic E-state index is -0.273. The van der Waals surface area contributed by atoms with Gasteiger partial charge in [0.15, 0.2) is 0 Å². The number of benzene rings is 1. The summed E-state index contributed by atoms with van der Waals surface area (Å²) in [5.41, 5.74) is 1.22. The molecule has 1 aliphatic heterocycles. The summed E-state index contributed by atoms with van der Waals surface area (Å²) >= 11 is 0. The zero-order valence-electron chi connectivity index (χ0n) is 12.1. The molecule has 2 aliphatic rings. The summed E-state index contributed by atoms with van der Waals surface area (Å²) in [4.78, 5) is 2.50. The highest BCUT2D eigenvalue weighted by molar-refractivity contribution is 5.17. The quantitative estimate of drug-likeness (QED) is 0.914. The maximum Gasteiger partial charge on any atom is 0.0764 e. The first kappa shape index (κ1) is 14.1. The Morgan fingerprint density at radius 3 is 2.40 bits per heavy atom. The van der Waals surface area contributed by atoms with Crippen LogP contribution in [0.2, 0.25) is 0 Å². The van der Waals surface area contributed by atoms with Crippen molar-refractivity contribution in [2.24, 2.45) is 0 Å². The molecule has 3 nitrogen and oxygen atoms in total. The second-order valence-corrected chi connectivity index (χ2v) is 6.12. The maximum atomic E-state index is 10.9. The SMILES string of the molecule is OC(Cc1ccccc1)C1(N2CCOCC2)CCCC1. The third-order valence-electron chi connectivity index (χ3n) is 5.00. The number of morpholine rings is 1. The fourth-order valence-electron chi connectivity index (χ4n) is 3.88. The Labute approximate surface area is 121 Å². The highest BCUT2D eigenvalue weighted by Crippen LogP contribution is 2.39. The Hall–Kier alpha value is -0.900. The van der Waals surface area contributed by atoms with Crippen LogP contribution in [0.5, 0.6) is 0 Å². The largest absolute Gasteiger partial charge is 0.391 e. The van der Waals surface area contributed by atoms with Crippen LogP contribution >= 0.6 is 0 Å². The Bertz CT molecular complexity index is 408. The van der Waals surface area contributed by atoms with E-state index in [1.807, 2.05) is 6.07 Å². The summed E-state index contributed by atoms with van der Waals surface area (Å²) in [7, 11) is 0. The van der Waals surface area contributed by atoms with E-state index in [1.54, 1.807) is 0 Å². The molecule has 0 spiro atoms. The lowest BCUT2D eigenvalue weighted by molar-refractivity contribution is -0.0753. The maximum absolute atomic E-state index is 10.9. The molecule has 0 aromatic heterocycles. The molecule has 20 heavy (non-hydrogen) atoms. The monoisotopic (exact) mass is 275 g/mol. The normalized spacial score (nSPS) is 24.6. The van der Waals surface area contributed by atoms with Crippen molar-refractivity contribution in [1.29, 1.82) is 0 Å². The topological polar surface area (TPSA) is 32.7 Å². The van der Waals surface area contributed by atoms with Gasteiger partial charge in [0.05, 0.1) is 19.3 Å². The molecular formula is C17H25NO2. The van der Waals surface area contributed by atoms with E-state index in [1.165, 1.54) is 18.4 Å². The predicted octanol–water partition coefficient (Wildman–Crippen LogP) is 2.24. The third-order valence-corrected chi connectivity index (χ3v) is 5.00. The van der Waals surface area contributed by atoms with Crippen LogP contribution in [-0.4, -0.2) is 48.0 Å². The smallest absolute Gasteiger partial charge is 0.0764 e. The van der Waals surface area contributed by atoms with Crippen molar-refractivity contribution >= 4 is 0 Å². The molecule has 110 valence electrons. The zero-order valence-corrected chi connectivity index (χ0v) is 12.1. The van der Waals surface area contributed by atoms with E-state index in [9.17, 15) is 5.11 Å². The van der Waals surface area contributed by atoms with Crippen molar-refractivity contribution in [3.8, 4) is 0 Å². The highest BCUT2D eigenvalue weighted by atomic mass is 16.5. The second kappa shape index (κ2) is 6.25. The van der Waals surface area contributed by atoms with Gasteiger partial charge < -0.3 is 9.84 Å². The summed E-state index contributed by atoms with van der Waals surface area (Å²) in [5.74, 6) is 0. The Morgan fingerprint density at radius 1 is 1.10 bits per heavy atom. The molecule has 1 N–H and O–H groups in total. The average Bonchev–Trinajstić information content (AvgIpc) is 3.00. The predicted molar refractivity (Wildman–Crippen MR) is 79.7 cm³/mol. The van der Waals surface area contributed by atoms with Crippen LogP contribution in [0.15, 0.2) is 30.3 Å². The van der Waals surface area contributed by atoms with E-state index in [0.29, 0.717) is 0 Å². The summed E-state index contributed by atoms with van der Waals surface area (Å²) in [5, 5.41) is 10.9. The molecule has 0 radical (unpaired) electrons. The van der Waals surface area contributed by atoms with Crippen molar-refractivity contribution in [2.75, 3.05) is 26.3 Å². The van der Waals surface area contributed by atoms with Crippen molar-refractivity contribution < 1.29 is 9.84 Å². The first-order chi connectivity index (χ1) is 9.81. The Balaban J connectivity index is 1.75. The molecule has 1 heterocycles. The zero-order chi connectivity index (χ0) is 13.8. The molecule has 1 atom stereocenters. The van der Waals surface area contributed by atoms with E-state index in [-0.39, 0.29) is 11.6 Å². The number of nitrogens with zero attached hydrogens (tertiary/aromatic N) is 1. The summed E-state index contributed by atoms with van der Waals surface area (Å²) in [6.45, 7) is 3.54. The fourth-order valence-corrected chi connectivity index (χ4v) is 3.88. The molecule has 1 aromatic rings. The second-order valence-electron chi connectivity index (χ2n) is 6.12. The lowest BCUT2D eigenvalue weighted by atomic mass is 9.84. The Morgan fingerprint density at radius 2 is 1.75 bits per heavy atom. The van der Waals surface area contributed by atoms with Gasteiger partial charge >= 0.3 is 0 Å². The van der Waals surface area contributed by atoms with Crippen molar-refractivity contribution in [3.63, 3.8) is 0 Å². The van der Waals surface area contributed by atoms with Gasteiger partial charge in [0, 0.05) is 25.0 Å². The molecular weight excluding hydrogens is 250 g/mol. The van der Waals surface area contributed by atoms with Gasteiger partial charge in [0.25, 0.3) is 0 Å². The minimum absolute atomic E-state index is 0.0143. The minimum Gasteiger partial charge on any atom is -0.391 e. The van der Waals surface area contributed by atoms with Crippen LogP contribution in [0.4, 0.5) is 0 Å². The molecule has 1 aromatic carbocycles. The van der Waals surface area contributed by atoms with Gasteiger partial charge in [-0.2, -0.15) is 0 Å². The van der Waals surface area contributed by atoms with Crippen LogP contribution in [0.25, 0.3) is 0 Å². The molecule has 2 fully saturated rings. The van der Waals surface area contributed by atoms with E-state index in [2.05, 4.69) is 29.2 Å². The molecule has 0 bridgehead atoms. The fraction of sp³-hybridized carbons (Fsp3) is 0.647. The van der Waals surface area contributed by atoms with Crippen molar-refractivity contribution in [1.82, 2.24) is 4.90 Å². The van der Waals surface area contributed by atoms with Gasteiger partial charge in [-0.05, 0) is 18.4 Å². The van der Waals surface area contributed by atoms with Gasteiger partial charge in [-0.1, -0.05) is 43.2 Å². The number of rotatable bonds is 4. The van der Waals surface area contributed by atoms with Gasteiger partial charge in [-0.3, -0.25) is 4.90 Å². The van der Waals surface area contributed by atoms with E-state index < -0.39 is 0 Å². The number of aliphatic hydroxyl groups is 1. The molecule has 1 aliphatic carbocycles. The molecule has 1 unspecified atom stereocenters. The van der Waals surface area contributed by atoms with E-state index in [4.69, 9.17) is 4.74 Å². The van der Waals surface area contributed by atoms with Gasteiger partial charge in [-0.15, -0.1) is 0 Å². The van der Waals surface area contributed by atoms with Gasteiger partial charge in [0.2, 0.25) is 0 Å². The number of aliphatic hydroxyl groups excluding tert-OH is 1. The lowest BCUT2D eigenvalue weighted by Crippen LogP contribution is -2.59. The molecule has 1 saturated heterocycles. The van der Waals surface area contributed by atoms with E-state index >= 15 is 0 Å². The molecule has 3 heteroatoms. The lowest BCUT2D eigenvalue weighted by Gasteiger charge is -2.46. The van der Waals surface area contributed by atoms with Crippen LogP contribution in [0.3, 0.4) is 0 Å². The highest BCUT2D eigenvalue weighted by Gasteiger charge is 2.45. The van der Waals surface area contributed by atoms with Crippen molar-refractivity contribution in [2.45, 2.75) is 43.7 Å². The van der Waals surface area contributed by atoms with Crippen LogP contribution < -0.4 is 0 Å². The summed E-state index contributed by atoms with van der Waals surface area (Å²) in [6, 6.07) is 10.4. The first-order valence-electron chi connectivity index (χ1n) is 7.86. The first-order valence-corrected chi connectivity index (χ1v) is 7.86. The van der Waals surface area contributed by atoms with Crippen LogP contribution in [-0.2, 0) is 11.2 Å². The van der Waals surface area contributed by atoms with Crippen molar-refractivity contribution in [3.05, 3.63) is 35.9 Å². The number of hydrogen-bond acceptors (Lipinski definition) is 3. The molecule has 0 amide bonds. The summed E-state index contributed by atoms with van der Waals surface area (Å²) < 4.78 is 5.48. The standard InChI is InChI=1S/C17H25NO2/c19-16(14-15-6-2-1-3-7-15)17(8-4-5-9-17)18-10-12-20-13-11-18/h1-3,6-7,16,19H,4-5,8-14H2.